The van der Waals surface area contributed by atoms with Gasteiger partial charge in [-0.3, -0.25) is 20.4 Å². The van der Waals surface area contributed by atoms with Crippen molar-refractivity contribution in [1.82, 2.24) is 10.9 Å². The van der Waals surface area contributed by atoms with Crippen molar-refractivity contribution in [1.29, 1.82) is 0 Å². The summed E-state index contributed by atoms with van der Waals surface area (Å²) in [7, 11) is 1.50. The van der Waals surface area contributed by atoms with Gasteiger partial charge in [0.2, 0.25) is 0 Å². The molecule has 3 aromatic rings. The van der Waals surface area contributed by atoms with Crippen LogP contribution in [-0.4, -0.2) is 38.2 Å². The molecule has 0 aliphatic carbocycles. The first-order valence-corrected chi connectivity index (χ1v) is 11.2. The number of nitrogens with one attached hydrogen (secondary N) is 2. The van der Waals surface area contributed by atoms with E-state index in [1.807, 2.05) is 38.1 Å². The average molecular weight is 469 g/mol. The van der Waals surface area contributed by atoms with Gasteiger partial charge in [-0.2, -0.15) is 0 Å². The highest BCUT2D eigenvalue weighted by atomic mass is 32.1. The first-order valence-electron chi connectivity index (χ1n) is 10.4. The van der Waals surface area contributed by atoms with E-state index in [4.69, 9.17) is 18.9 Å². The monoisotopic (exact) mass is 468 g/mol. The van der Waals surface area contributed by atoms with Crippen LogP contribution < -0.4 is 29.8 Å². The van der Waals surface area contributed by atoms with Gasteiger partial charge in [0.25, 0.3) is 11.8 Å². The number of hydrazine groups is 1. The molecule has 0 unspecified atom stereocenters. The molecule has 9 heteroatoms. The van der Waals surface area contributed by atoms with Gasteiger partial charge in [0.1, 0.15) is 13.2 Å². The summed E-state index contributed by atoms with van der Waals surface area (Å²) in [6.07, 6.45) is -0.0317. The maximum absolute atomic E-state index is 12.6. The molecule has 33 heavy (non-hydrogen) atoms. The maximum atomic E-state index is 12.6. The molecule has 0 radical (unpaired) electrons. The lowest BCUT2D eigenvalue weighted by molar-refractivity contribution is 0.0848. The van der Waals surface area contributed by atoms with Crippen molar-refractivity contribution in [2.45, 2.75) is 20.0 Å². The SMILES string of the molecule is COc1cc(C(=O)NNC(=O)c2ccc(-c3ccc4c(c3)OCCO4)s2)ccc1OC(C)C. The number of fused-ring (bicyclic) bond motifs is 1. The molecule has 4 rings (SSSR count). The van der Waals surface area contributed by atoms with E-state index >= 15 is 0 Å². The highest BCUT2D eigenvalue weighted by Crippen LogP contribution is 2.37. The second kappa shape index (κ2) is 9.83. The van der Waals surface area contributed by atoms with Crippen LogP contribution in [0.1, 0.15) is 33.9 Å². The molecule has 1 aliphatic heterocycles. The van der Waals surface area contributed by atoms with E-state index < -0.39 is 11.8 Å². The quantitative estimate of drug-likeness (QED) is 0.530. The van der Waals surface area contributed by atoms with E-state index in [9.17, 15) is 9.59 Å². The summed E-state index contributed by atoms with van der Waals surface area (Å²) in [5, 5.41) is 0. The molecule has 0 atom stereocenters. The van der Waals surface area contributed by atoms with Crippen molar-refractivity contribution in [3.63, 3.8) is 0 Å². The number of ether oxygens (including phenoxy) is 4. The minimum absolute atomic E-state index is 0.0317. The van der Waals surface area contributed by atoms with E-state index in [-0.39, 0.29) is 6.10 Å². The lowest BCUT2D eigenvalue weighted by atomic mass is 10.1. The summed E-state index contributed by atoms with van der Waals surface area (Å²) in [6.45, 7) is 4.84. The number of hydrogen-bond donors (Lipinski definition) is 2. The predicted octanol–water partition coefficient (Wildman–Crippen LogP) is 4.06. The molecule has 2 amide bonds. The first kappa shape index (κ1) is 22.5. The Bertz CT molecular complexity index is 1170. The molecule has 0 saturated carbocycles. The Kier molecular flexibility index (Phi) is 6.69. The van der Waals surface area contributed by atoms with Crippen LogP contribution in [0.5, 0.6) is 23.0 Å². The molecular weight excluding hydrogens is 444 g/mol. The van der Waals surface area contributed by atoms with Gasteiger partial charge in [0.15, 0.2) is 23.0 Å². The number of carbonyl (C=O) groups excluding carboxylic acids is 2. The fourth-order valence-electron chi connectivity index (χ4n) is 3.22. The molecule has 2 aromatic carbocycles. The molecule has 2 heterocycles. The van der Waals surface area contributed by atoms with Crippen LogP contribution >= 0.6 is 11.3 Å². The number of rotatable bonds is 6. The average Bonchev–Trinajstić information content (AvgIpc) is 3.32. The number of benzene rings is 2. The Balaban J connectivity index is 1.39. The molecule has 1 aliphatic rings. The zero-order valence-electron chi connectivity index (χ0n) is 18.5. The van der Waals surface area contributed by atoms with Crippen molar-refractivity contribution < 1.29 is 28.5 Å². The second-order valence-electron chi connectivity index (χ2n) is 7.46. The van der Waals surface area contributed by atoms with Crippen LogP contribution in [0.2, 0.25) is 0 Å². The summed E-state index contributed by atoms with van der Waals surface area (Å²) in [5.41, 5.74) is 6.13. The van der Waals surface area contributed by atoms with Crippen molar-refractivity contribution in [3.8, 4) is 33.4 Å². The summed E-state index contributed by atoms with van der Waals surface area (Å²) in [4.78, 5) is 26.4. The summed E-state index contributed by atoms with van der Waals surface area (Å²) in [5.74, 6) is 1.49. The molecule has 0 fully saturated rings. The van der Waals surface area contributed by atoms with Gasteiger partial charge in [0, 0.05) is 10.4 Å². The molecule has 172 valence electrons. The van der Waals surface area contributed by atoms with Crippen LogP contribution in [0.15, 0.2) is 48.5 Å². The largest absolute Gasteiger partial charge is 0.493 e. The zero-order chi connectivity index (χ0) is 23.4. The van der Waals surface area contributed by atoms with Gasteiger partial charge in [-0.1, -0.05) is 0 Å². The van der Waals surface area contributed by atoms with Gasteiger partial charge in [0.05, 0.1) is 18.1 Å². The van der Waals surface area contributed by atoms with Gasteiger partial charge in [-0.05, 0) is 67.9 Å². The number of carbonyl (C=O) groups is 2. The molecule has 1 aromatic heterocycles. The molecule has 0 spiro atoms. The minimum atomic E-state index is -0.471. The summed E-state index contributed by atoms with van der Waals surface area (Å²) in [6, 6.07) is 14.1. The summed E-state index contributed by atoms with van der Waals surface area (Å²) >= 11 is 1.31. The van der Waals surface area contributed by atoms with E-state index in [2.05, 4.69) is 10.9 Å². The third kappa shape index (κ3) is 5.20. The van der Waals surface area contributed by atoms with Gasteiger partial charge >= 0.3 is 0 Å². The van der Waals surface area contributed by atoms with E-state index in [1.54, 1.807) is 24.3 Å². The Labute approximate surface area is 195 Å². The smallest absolute Gasteiger partial charge is 0.279 e. The number of thiophene rings is 1. The van der Waals surface area contributed by atoms with E-state index in [0.29, 0.717) is 46.7 Å². The fourth-order valence-corrected chi connectivity index (χ4v) is 4.12. The third-order valence-electron chi connectivity index (χ3n) is 4.73. The number of amides is 2. The van der Waals surface area contributed by atoms with Crippen LogP contribution in [0.3, 0.4) is 0 Å². The molecule has 0 saturated heterocycles. The third-order valence-corrected chi connectivity index (χ3v) is 5.87. The Morgan fingerprint density at radius 1 is 0.909 bits per heavy atom. The lowest BCUT2D eigenvalue weighted by Gasteiger charge is -2.18. The highest BCUT2D eigenvalue weighted by Gasteiger charge is 2.17. The fraction of sp³-hybridized carbons (Fsp3) is 0.250. The van der Waals surface area contributed by atoms with Gasteiger partial charge < -0.3 is 18.9 Å². The van der Waals surface area contributed by atoms with Gasteiger partial charge in [-0.25, -0.2) is 0 Å². The number of hydrogen-bond acceptors (Lipinski definition) is 7. The maximum Gasteiger partial charge on any atom is 0.279 e. The lowest BCUT2D eigenvalue weighted by Crippen LogP contribution is -2.41. The van der Waals surface area contributed by atoms with Crippen molar-refractivity contribution in [3.05, 3.63) is 59.0 Å². The molecular formula is C24H24N2O6S. The van der Waals surface area contributed by atoms with Crippen LogP contribution in [0.4, 0.5) is 0 Å². The van der Waals surface area contributed by atoms with Gasteiger partial charge in [-0.15, -0.1) is 11.3 Å². The van der Waals surface area contributed by atoms with Crippen molar-refractivity contribution in [2.75, 3.05) is 20.3 Å². The van der Waals surface area contributed by atoms with Crippen LogP contribution in [0.25, 0.3) is 10.4 Å². The predicted molar refractivity (Wildman–Crippen MR) is 124 cm³/mol. The standard InChI is InChI=1S/C24H24N2O6S/c1-14(2)32-18-7-5-16(13-19(18)29-3)23(27)25-26-24(28)22-9-8-21(33-22)15-4-6-17-20(12-15)31-11-10-30-17/h4-9,12-14H,10-11H2,1-3H3,(H,25,27)(H,26,28). The minimum Gasteiger partial charge on any atom is -0.493 e. The van der Waals surface area contributed by atoms with Crippen molar-refractivity contribution in [2.24, 2.45) is 0 Å². The topological polar surface area (TPSA) is 95.1 Å². The molecule has 8 nitrogen and oxygen atoms in total. The second-order valence-corrected chi connectivity index (χ2v) is 8.55. The Hall–Kier alpha value is -3.72. The Morgan fingerprint density at radius 2 is 1.67 bits per heavy atom. The van der Waals surface area contributed by atoms with E-state index in [0.717, 1.165) is 10.4 Å². The van der Waals surface area contributed by atoms with Crippen LogP contribution in [0, 0.1) is 0 Å². The normalized spacial score (nSPS) is 12.2. The van der Waals surface area contributed by atoms with Crippen LogP contribution in [-0.2, 0) is 0 Å². The number of methoxy groups -OCH3 is 1. The van der Waals surface area contributed by atoms with Crippen molar-refractivity contribution >= 4 is 23.2 Å². The Morgan fingerprint density at radius 3 is 2.42 bits per heavy atom. The first-order chi connectivity index (χ1) is 15.9. The molecule has 0 bridgehead atoms. The highest BCUT2D eigenvalue weighted by molar-refractivity contribution is 7.17. The summed E-state index contributed by atoms with van der Waals surface area (Å²) < 4.78 is 22.1. The zero-order valence-corrected chi connectivity index (χ0v) is 19.3. The molecule has 2 N–H and O–H groups in total. The van der Waals surface area contributed by atoms with E-state index in [1.165, 1.54) is 18.4 Å².